The summed E-state index contributed by atoms with van der Waals surface area (Å²) in [5.74, 6) is 0. The van der Waals surface area contributed by atoms with Crippen molar-refractivity contribution in [1.29, 1.82) is 0 Å². The molecule has 0 spiro atoms. The lowest BCUT2D eigenvalue weighted by Crippen LogP contribution is -1.89. The molecule has 0 N–H and O–H groups in total. The highest BCUT2D eigenvalue weighted by molar-refractivity contribution is 7.12. The number of hydrogen-bond donors (Lipinski definition) is 0. The molecule has 0 aliphatic rings. The second-order valence-electron chi connectivity index (χ2n) is 3.48. The summed E-state index contributed by atoms with van der Waals surface area (Å²) in [5.41, 5.74) is 0.970. The Morgan fingerprint density at radius 3 is 2.38 bits per heavy atom. The summed E-state index contributed by atoms with van der Waals surface area (Å²) < 4.78 is 0. The molecule has 0 bridgehead atoms. The normalized spacial score (nSPS) is 12.8. The Balaban J connectivity index is 2.33. The fraction of sp³-hybridized carbons (Fsp3) is 0.167. The van der Waals surface area contributed by atoms with Crippen molar-refractivity contribution in [1.82, 2.24) is 0 Å². The number of thiophene rings is 1. The van der Waals surface area contributed by atoms with Crippen LogP contribution in [-0.2, 0) is 0 Å². The van der Waals surface area contributed by atoms with Gasteiger partial charge in [-0.15, -0.1) is 22.9 Å². The molecule has 4 heteroatoms. The van der Waals surface area contributed by atoms with Gasteiger partial charge in [0.2, 0.25) is 0 Å². The third-order valence-corrected chi connectivity index (χ3v) is 4.67. The highest BCUT2D eigenvalue weighted by Crippen LogP contribution is 2.35. The van der Waals surface area contributed by atoms with Gasteiger partial charge in [-0.3, -0.25) is 0 Å². The molecule has 84 valence electrons. The fourth-order valence-corrected chi connectivity index (χ4v) is 2.96. The average molecular weight is 292 g/mol. The summed E-state index contributed by atoms with van der Waals surface area (Å²) in [6, 6.07) is 9.60. The lowest BCUT2D eigenvalue weighted by Gasteiger charge is -2.08. The molecular formula is C12H9Cl3S. The van der Waals surface area contributed by atoms with Crippen LogP contribution in [0.2, 0.25) is 10.0 Å². The number of hydrogen-bond acceptors (Lipinski definition) is 1. The van der Waals surface area contributed by atoms with Gasteiger partial charge in [-0.2, -0.15) is 0 Å². The second kappa shape index (κ2) is 4.97. The molecule has 0 saturated heterocycles. The van der Waals surface area contributed by atoms with Crippen LogP contribution in [0.4, 0.5) is 0 Å². The third kappa shape index (κ3) is 2.54. The topological polar surface area (TPSA) is 0 Å². The van der Waals surface area contributed by atoms with Crippen molar-refractivity contribution >= 4 is 46.1 Å². The molecule has 1 aromatic heterocycles. The molecule has 0 nitrogen and oxygen atoms in total. The molecule has 2 rings (SSSR count). The molecule has 2 aromatic rings. The molecule has 1 atom stereocenters. The smallest absolute Gasteiger partial charge is 0.0928 e. The quantitative estimate of drug-likeness (QED) is 0.623. The molecule has 16 heavy (non-hydrogen) atoms. The zero-order chi connectivity index (χ0) is 11.7. The molecule has 0 radical (unpaired) electrons. The van der Waals surface area contributed by atoms with Crippen LogP contribution in [0.15, 0.2) is 30.3 Å². The van der Waals surface area contributed by atoms with Crippen molar-refractivity contribution < 1.29 is 0 Å². The lowest BCUT2D eigenvalue weighted by molar-refractivity contribution is 1.18. The molecule has 1 aromatic carbocycles. The summed E-state index contributed by atoms with van der Waals surface area (Å²) in [6.45, 7) is 2.06. The third-order valence-electron chi connectivity index (χ3n) is 2.25. The van der Waals surface area contributed by atoms with Crippen molar-refractivity contribution in [3.05, 3.63) is 55.7 Å². The summed E-state index contributed by atoms with van der Waals surface area (Å²) in [4.78, 5) is 2.37. The van der Waals surface area contributed by atoms with Gasteiger partial charge in [-0.1, -0.05) is 29.3 Å². The molecule has 0 amide bonds. The van der Waals surface area contributed by atoms with Crippen molar-refractivity contribution in [2.45, 2.75) is 12.3 Å². The van der Waals surface area contributed by atoms with E-state index >= 15 is 0 Å². The van der Waals surface area contributed by atoms with E-state index in [2.05, 4.69) is 13.0 Å². The predicted octanol–water partition coefficient (Wildman–Crippen LogP) is 5.69. The van der Waals surface area contributed by atoms with Crippen molar-refractivity contribution in [3.63, 3.8) is 0 Å². The zero-order valence-corrected chi connectivity index (χ0v) is 11.6. The maximum atomic E-state index is 6.38. The Morgan fingerprint density at radius 1 is 1.06 bits per heavy atom. The molecule has 0 fully saturated rings. The first-order valence-corrected chi connectivity index (χ1v) is 6.74. The molecule has 0 aliphatic carbocycles. The number of aryl methyl sites for hydroxylation is 1. The van der Waals surface area contributed by atoms with E-state index in [-0.39, 0.29) is 5.38 Å². The maximum Gasteiger partial charge on any atom is 0.0928 e. The summed E-state index contributed by atoms with van der Waals surface area (Å²) >= 11 is 19.9. The monoisotopic (exact) mass is 290 g/mol. The zero-order valence-electron chi connectivity index (χ0n) is 8.51. The Bertz CT molecular complexity index is 505. The van der Waals surface area contributed by atoms with E-state index in [9.17, 15) is 0 Å². The Kier molecular flexibility index (Phi) is 3.81. The standard InChI is InChI=1S/C12H9Cl3S/c1-7-2-5-11(16-7)12(15)8-3-4-9(13)10(14)6-8/h2-6,12H,1H3. The number of rotatable bonds is 2. The van der Waals surface area contributed by atoms with E-state index in [4.69, 9.17) is 34.8 Å². The minimum atomic E-state index is -0.159. The number of halogens is 3. The Morgan fingerprint density at radius 2 is 1.81 bits per heavy atom. The van der Waals surface area contributed by atoms with Crippen LogP contribution in [0.25, 0.3) is 0 Å². The van der Waals surface area contributed by atoms with E-state index in [1.54, 1.807) is 17.4 Å². The first-order valence-electron chi connectivity index (χ1n) is 4.73. The van der Waals surface area contributed by atoms with Gasteiger partial charge >= 0.3 is 0 Å². The summed E-state index contributed by atoms with van der Waals surface area (Å²) in [6.07, 6.45) is 0. The predicted molar refractivity (Wildman–Crippen MR) is 73.2 cm³/mol. The summed E-state index contributed by atoms with van der Waals surface area (Å²) in [5, 5.41) is 0.934. The molecule has 0 saturated carbocycles. The minimum Gasteiger partial charge on any atom is -0.144 e. The van der Waals surface area contributed by atoms with Gasteiger partial charge in [0, 0.05) is 9.75 Å². The van der Waals surface area contributed by atoms with E-state index < -0.39 is 0 Å². The highest BCUT2D eigenvalue weighted by Gasteiger charge is 2.13. The van der Waals surface area contributed by atoms with Crippen LogP contribution < -0.4 is 0 Å². The molecule has 0 aliphatic heterocycles. The Labute approximate surface area is 114 Å². The first kappa shape index (κ1) is 12.3. The van der Waals surface area contributed by atoms with Crippen LogP contribution in [-0.4, -0.2) is 0 Å². The largest absolute Gasteiger partial charge is 0.144 e. The molecule has 1 unspecified atom stereocenters. The van der Waals surface area contributed by atoms with Crippen LogP contribution in [0.5, 0.6) is 0 Å². The molecule has 1 heterocycles. The van der Waals surface area contributed by atoms with Gasteiger partial charge in [-0.25, -0.2) is 0 Å². The second-order valence-corrected chi connectivity index (χ2v) is 6.05. The van der Waals surface area contributed by atoms with Crippen molar-refractivity contribution in [2.75, 3.05) is 0 Å². The number of alkyl halides is 1. The van der Waals surface area contributed by atoms with Gasteiger partial charge in [0.25, 0.3) is 0 Å². The fourth-order valence-electron chi connectivity index (χ4n) is 1.42. The minimum absolute atomic E-state index is 0.159. The Hall–Kier alpha value is -0.210. The van der Waals surface area contributed by atoms with Crippen LogP contribution in [0, 0.1) is 6.92 Å². The van der Waals surface area contributed by atoms with Crippen molar-refractivity contribution in [2.24, 2.45) is 0 Å². The van der Waals surface area contributed by atoms with Gasteiger partial charge in [0.05, 0.1) is 15.4 Å². The van der Waals surface area contributed by atoms with E-state index in [0.29, 0.717) is 10.0 Å². The highest BCUT2D eigenvalue weighted by atomic mass is 35.5. The van der Waals surface area contributed by atoms with Crippen LogP contribution in [0.3, 0.4) is 0 Å². The van der Waals surface area contributed by atoms with Gasteiger partial charge in [0.1, 0.15) is 0 Å². The number of benzene rings is 1. The van der Waals surface area contributed by atoms with Crippen molar-refractivity contribution in [3.8, 4) is 0 Å². The average Bonchev–Trinajstić information content (AvgIpc) is 2.68. The van der Waals surface area contributed by atoms with Gasteiger partial charge < -0.3 is 0 Å². The van der Waals surface area contributed by atoms with E-state index in [1.807, 2.05) is 18.2 Å². The lowest BCUT2D eigenvalue weighted by atomic mass is 10.1. The van der Waals surface area contributed by atoms with Gasteiger partial charge in [-0.05, 0) is 36.8 Å². The van der Waals surface area contributed by atoms with Crippen LogP contribution >= 0.6 is 46.1 Å². The van der Waals surface area contributed by atoms with E-state index in [0.717, 1.165) is 10.4 Å². The molecular weight excluding hydrogens is 283 g/mol. The SMILES string of the molecule is Cc1ccc(C(Cl)c2ccc(Cl)c(Cl)c2)s1. The van der Waals surface area contributed by atoms with Crippen LogP contribution in [0.1, 0.15) is 20.7 Å². The summed E-state index contributed by atoms with van der Waals surface area (Å²) in [7, 11) is 0. The van der Waals surface area contributed by atoms with Gasteiger partial charge in [0.15, 0.2) is 0 Å². The maximum absolute atomic E-state index is 6.38. The first-order chi connectivity index (χ1) is 7.58. The van der Waals surface area contributed by atoms with E-state index in [1.165, 1.54) is 4.88 Å².